The van der Waals surface area contributed by atoms with Crippen molar-refractivity contribution < 1.29 is 0 Å². The molecule has 0 spiro atoms. The smallest absolute Gasteiger partial charge is 0.0801 e. The Morgan fingerprint density at radius 1 is 1.39 bits per heavy atom. The van der Waals surface area contributed by atoms with Crippen LogP contribution < -0.4 is 11.3 Å². The van der Waals surface area contributed by atoms with E-state index in [1.807, 2.05) is 24.3 Å². The van der Waals surface area contributed by atoms with E-state index >= 15 is 0 Å². The number of halogens is 1. The van der Waals surface area contributed by atoms with Crippen LogP contribution in [0.5, 0.6) is 0 Å². The highest BCUT2D eigenvalue weighted by atomic mass is 35.5. The minimum Gasteiger partial charge on any atom is -0.271 e. The lowest BCUT2D eigenvalue weighted by molar-refractivity contribution is 0.555. The van der Waals surface area contributed by atoms with Crippen molar-refractivity contribution in [2.75, 3.05) is 0 Å². The fourth-order valence-corrected chi connectivity index (χ4v) is 2.73. The molecule has 18 heavy (non-hydrogen) atoms. The Morgan fingerprint density at radius 3 is 2.72 bits per heavy atom. The van der Waals surface area contributed by atoms with Crippen molar-refractivity contribution in [3.05, 3.63) is 45.4 Å². The number of aromatic nitrogens is 2. The molecule has 0 saturated carbocycles. The lowest BCUT2D eigenvalue weighted by atomic mass is 10.0. The number of aryl methyl sites for hydroxylation is 1. The number of nitrogens with two attached hydrogens (primary N) is 1. The van der Waals surface area contributed by atoms with Crippen LogP contribution in [0.1, 0.15) is 29.1 Å². The molecule has 1 atom stereocenters. The van der Waals surface area contributed by atoms with E-state index in [9.17, 15) is 0 Å². The number of nitrogens with one attached hydrogen (secondary N) is 1. The summed E-state index contributed by atoms with van der Waals surface area (Å²) in [6.45, 7) is 2.07. The van der Waals surface area contributed by atoms with Crippen LogP contribution >= 0.6 is 23.1 Å². The van der Waals surface area contributed by atoms with Gasteiger partial charge in [0.15, 0.2) is 0 Å². The Labute approximate surface area is 115 Å². The number of hydrogen-bond acceptors (Lipinski definition) is 5. The molecule has 0 aliphatic heterocycles. The molecule has 2 rings (SSSR count). The molecule has 0 aliphatic rings. The number of benzene rings is 1. The van der Waals surface area contributed by atoms with Gasteiger partial charge in [-0.1, -0.05) is 35.1 Å². The van der Waals surface area contributed by atoms with Crippen LogP contribution in [-0.4, -0.2) is 9.59 Å². The Kier molecular flexibility index (Phi) is 4.66. The second-order valence-electron chi connectivity index (χ2n) is 3.99. The number of rotatable bonds is 5. The first-order valence-electron chi connectivity index (χ1n) is 5.76. The molecule has 1 aromatic heterocycles. The standard InChI is InChI=1S/C12H15ClN4S/c1-2-10-12(18-17-16-10)11(15-14)7-8-3-5-9(13)6-4-8/h3-6,11,15H,2,7,14H2,1H3. The maximum atomic E-state index is 5.87. The molecule has 0 aliphatic carbocycles. The Bertz CT molecular complexity index is 497. The molecule has 3 N–H and O–H groups in total. The molecule has 0 fully saturated rings. The zero-order valence-corrected chi connectivity index (χ0v) is 11.6. The van der Waals surface area contributed by atoms with Crippen LogP contribution in [0.15, 0.2) is 24.3 Å². The Balaban J connectivity index is 2.17. The van der Waals surface area contributed by atoms with E-state index in [1.165, 1.54) is 17.1 Å². The van der Waals surface area contributed by atoms with Crippen molar-refractivity contribution in [2.24, 2.45) is 5.84 Å². The molecule has 0 saturated heterocycles. The molecule has 4 nitrogen and oxygen atoms in total. The van der Waals surface area contributed by atoms with Crippen LogP contribution in [0, 0.1) is 0 Å². The molecule has 2 aromatic rings. The van der Waals surface area contributed by atoms with Gasteiger partial charge in [0, 0.05) is 5.02 Å². The second-order valence-corrected chi connectivity index (χ2v) is 5.21. The van der Waals surface area contributed by atoms with Crippen LogP contribution in [0.2, 0.25) is 5.02 Å². The summed E-state index contributed by atoms with van der Waals surface area (Å²) in [5.74, 6) is 5.64. The van der Waals surface area contributed by atoms with Gasteiger partial charge in [-0.15, -0.1) is 5.10 Å². The third kappa shape index (κ3) is 3.05. The summed E-state index contributed by atoms with van der Waals surface area (Å²) >= 11 is 7.27. The zero-order chi connectivity index (χ0) is 13.0. The predicted molar refractivity (Wildman–Crippen MR) is 74.5 cm³/mol. The van der Waals surface area contributed by atoms with Gasteiger partial charge >= 0.3 is 0 Å². The summed E-state index contributed by atoms with van der Waals surface area (Å²) in [7, 11) is 0. The second kappa shape index (κ2) is 6.24. The first kappa shape index (κ1) is 13.4. The summed E-state index contributed by atoms with van der Waals surface area (Å²) < 4.78 is 3.99. The molecular formula is C12H15ClN4S. The molecule has 0 radical (unpaired) electrons. The van der Waals surface area contributed by atoms with E-state index < -0.39 is 0 Å². The van der Waals surface area contributed by atoms with Crippen molar-refractivity contribution in [3.8, 4) is 0 Å². The quantitative estimate of drug-likeness (QED) is 0.653. The maximum Gasteiger partial charge on any atom is 0.0801 e. The average molecular weight is 283 g/mol. The molecule has 1 aromatic carbocycles. The van der Waals surface area contributed by atoms with E-state index in [1.54, 1.807) is 0 Å². The van der Waals surface area contributed by atoms with Crippen molar-refractivity contribution in [3.63, 3.8) is 0 Å². The monoisotopic (exact) mass is 282 g/mol. The predicted octanol–water partition coefficient (Wildman–Crippen LogP) is 2.50. The van der Waals surface area contributed by atoms with Crippen LogP contribution in [0.4, 0.5) is 0 Å². The first-order chi connectivity index (χ1) is 8.74. The summed E-state index contributed by atoms with van der Waals surface area (Å²) in [6.07, 6.45) is 1.66. The molecule has 6 heteroatoms. The lowest BCUT2D eigenvalue weighted by Crippen LogP contribution is -2.29. The molecule has 1 heterocycles. The van der Waals surface area contributed by atoms with Crippen LogP contribution in [0.25, 0.3) is 0 Å². The molecule has 96 valence electrons. The van der Waals surface area contributed by atoms with Gasteiger partial charge in [0.05, 0.1) is 16.6 Å². The third-order valence-electron chi connectivity index (χ3n) is 2.79. The normalized spacial score (nSPS) is 12.6. The number of hydrogen-bond donors (Lipinski definition) is 2. The SMILES string of the molecule is CCc1nnsc1C(Cc1ccc(Cl)cc1)NN. The van der Waals surface area contributed by atoms with E-state index in [2.05, 4.69) is 21.9 Å². The average Bonchev–Trinajstić information content (AvgIpc) is 2.86. The minimum absolute atomic E-state index is 0.0427. The Hall–Kier alpha value is -1.01. The maximum absolute atomic E-state index is 5.87. The topological polar surface area (TPSA) is 63.8 Å². The van der Waals surface area contributed by atoms with Crippen molar-refractivity contribution in [1.29, 1.82) is 0 Å². The van der Waals surface area contributed by atoms with Gasteiger partial charge in [-0.3, -0.25) is 11.3 Å². The van der Waals surface area contributed by atoms with Crippen molar-refractivity contribution in [1.82, 2.24) is 15.0 Å². The van der Waals surface area contributed by atoms with Gasteiger partial charge in [0.2, 0.25) is 0 Å². The molecule has 0 amide bonds. The van der Waals surface area contributed by atoms with E-state index in [0.717, 1.165) is 28.4 Å². The molecular weight excluding hydrogens is 268 g/mol. The highest BCUT2D eigenvalue weighted by Gasteiger charge is 2.17. The van der Waals surface area contributed by atoms with E-state index in [-0.39, 0.29) is 6.04 Å². The van der Waals surface area contributed by atoms with Gasteiger partial charge in [0.25, 0.3) is 0 Å². The number of hydrazine groups is 1. The summed E-state index contributed by atoms with van der Waals surface area (Å²) in [6, 6.07) is 7.83. The van der Waals surface area contributed by atoms with Crippen molar-refractivity contribution >= 4 is 23.1 Å². The van der Waals surface area contributed by atoms with E-state index in [4.69, 9.17) is 17.4 Å². The van der Waals surface area contributed by atoms with Gasteiger partial charge in [0.1, 0.15) is 0 Å². The van der Waals surface area contributed by atoms with E-state index in [0.29, 0.717) is 0 Å². The highest BCUT2D eigenvalue weighted by Crippen LogP contribution is 2.24. The fraction of sp³-hybridized carbons (Fsp3) is 0.333. The third-order valence-corrected chi connectivity index (χ3v) is 3.92. The summed E-state index contributed by atoms with van der Waals surface area (Å²) in [5, 5.41) is 4.85. The number of nitrogens with zero attached hydrogens (tertiary/aromatic N) is 2. The first-order valence-corrected chi connectivity index (χ1v) is 6.91. The zero-order valence-electron chi connectivity index (χ0n) is 10.1. The molecule has 0 bridgehead atoms. The minimum atomic E-state index is 0.0427. The van der Waals surface area contributed by atoms with Crippen LogP contribution in [-0.2, 0) is 12.8 Å². The summed E-state index contributed by atoms with van der Waals surface area (Å²) in [5.41, 5.74) is 5.03. The van der Waals surface area contributed by atoms with Gasteiger partial charge < -0.3 is 0 Å². The van der Waals surface area contributed by atoms with Gasteiger partial charge in [-0.2, -0.15) is 0 Å². The van der Waals surface area contributed by atoms with Crippen molar-refractivity contribution in [2.45, 2.75) is 25.8 Å². The highest BCUT2D eigenvalue weighted by molar-refractivity contribution is 7.05. The van der Waals surface area contributed by atoms with Gasteiger partial charge in [-0.05, 0) is 42.1 Å². The summed E-state index contributed by atoms with van der Waals surface area (Å²) in [4.78, 5) is 1.11. The molecule has 1 unspecified atom stereocenters. The fourth-order valence-electron chi connectivity index (χ4n) is 1.81. The van der Waals surface area contributed by atoms with Crippen LogP contribution in [0.3, 0.4) is 0 Å². The van der Waals surface area contributed by atoms with Gasteiger partial charge in [-0.25, -0.2) is 0 Å². The largest absolute Gasteiger partial charge is 0.271 e. The lowest BCUT2D eigenvalue weighted by Gasteiger charge is -2.14. The Morgan fingerprint density at radius 2 is 2.11 bits per heavy atom.